The number of hydrogen-bond donors (Lipinski definition) is 1. The molecule has 3 aliphatic heterocycles. The van der Waals surface area contributed by atoms with E-state index in [2.05, 4.69) is 29.1 Å². The number of anilines is 1. The lowest BCUT2D eigenvalue weighted by molar-refractivity contribution is -0.154. The summed E-state index contributed by atoms with van der Waals surface area (Å²) in [7, 11) is 0. The predicted molar refractivity (Wildman–Crippen MR) is 174 cm³/mol. The highest BCUT2D eigenvalue weighted by Gasteiger charge is 2.77. The van der Waals surface area contributed by atoms with Crippen LogP contribution in [0.1, 0.15) is 32.8 Å². The molecule has 3 aliphatic rings. The van der Waals surface area contributed by atoms with Crippen LogP contribution in [-0.4, -0.2) is 86.5 Å². The molecule has 9 heteroatoms. The molecule has 234 valence electrons. The van der Waals surface area contributed by atoms with E-state index in [9.17, 15) is 19.5 Å². The highest BCUT2D eigenvalue weighted by Crippen LogP contribution is 2.61. The number of fused-ring (bicyclic) bond motifs is 1. The molecule has 1 N–H and O–H groups in total. The minimum atomic E-state index is -1.25. The molecule has 0 aromatic heterocycles. The summed E-state index contributed by atoms with van der Waals surface area (Å²) >= 11 is 3.78. The van der Waals surface area contributed by atoms with Crippen LogP contribution >= 0.6 is 15.9 Å². The smallest absolute Gasteiger partial charge is 0.249 e. The fourth-order valence-electron chi connectivity index (χ4n) is 7.37. The molecule has 8 nitrogen and oxygen atoms in total. The van der Waals surface area contributed by atoms with Crippen LogP contribution in [0.4, 0.5) is 5.69 Å². The van der Waals surface area contributed by atoms with Crippen LogP contribution in [-0.2, 0) is 25.5 Å². The van der Waals surface area contributed by atoms with Gasteiger partial charge in [-0.05, 0) is 51.3 Å². The first-order chi connectivity index (χ1) is 21.0. The summed E-state index contributed by atoms with van der Waals surface area (Å²) in [5.74, 6) is -2.59. The van der Waals surface area contributed by atoms with Crippen molar-refractivity contribution in [3.05, 3.63) is 91.5 Å². The van der Waals surface area contributed by atoms with E-state index in [1.165, 1.54) is 0 Å². The molecule has 5 rings (SSSR count). The fraction of sp³-hybridized carbons (Fsp3) is 0.457. The molecule has 3 unspecified atom stereocenters. The zero-order valence-electron chi connectivity index (χ0n) is 25.6. The Bertz CT molecular complexity index is 1400. The van der Waals surface area contributed by atoms with Crippen molar-refractivity contribution in [2.75, 3.05) is 24.6 Å². The summed E-state index contributed by atoms with van der Waals surface area (Å²) < 4.78 is 6.78. The highest BCUT2D eigenvalue weighted by atomic mass is 79.9. The number of ether oxygens (including phenoxy) is 1. The van der Waals surface area contributed by atoms with Crippen molar-refractivity contribution < 1.29 is 24.2 Å². The maximum Gasteiger partial charge on any atom is 0.249 e. The van der Waals surface area contributed by atoms with Gasteiger partial charge in [-0.1, -0.05) is 76.6 Å². The van der Waals surface area contributed by atoms with Gasteiger partial charge in [-0.25, -0.2) is 0 Å². The summed E-state index contributed by atoms with van der Waals surface area (Å²) in [5.41, 5.74) is -0.219. The molecule has 3 heterocycles. The normalized spacial score (nSPS) is 28.0. The average molecular weight is 665 g/mol. The Labute approximate surface area is 268 Å². The van der Waals surface area contributed by atoms with E-state index in [1.807, 2.05) is 81.4 Å². The van der Waals surface area contributed by atoms with Crippen molar-refractivity contribution in [3.63, 3.8) is 0 Å². The third kappa shape index (κ3) is 5.43. The maximum atomic E-state index is 14.8. The molecule has 44 heavy (non-hydrogen) atoms. The molecule has 3 amide bonds. The number of hydrogen-bond acceptors (Lipinski definition) is 5. The van der Waals surface area contributed by atoms with E-state index in [0.717, 1.165) is 5.56 Å². The number of nitrogens with zero attached hydrogens (tertiary/aromatic N) is 3. The van der Waals surface area contributed by atoms with Gasteiger partial charge in [0.1, 0.15) is 11.6 Å². The Morgan fingerprint density at radius 3 is 2.25 bits per heavy atom. The Hall–Kier alpha value is -3.27. The lowest BCUT2D eigenvalue weighted by Gasteiger charge is -2.43. The molecule has 2 aromatic carbocycles. The fourth-order valence-corrected chi connectivity index (χ4v) is 8.31. The first-order valence-corrected chi connectivity index (χ1v) is 16.1. The van der Waals surface area contributed by atoms with E-state index in [0.29, 0.717) is 18.5 Å². The molecule has 1 spiro atoms. The summed E-state index contributed by atoms with van der Waals surface area (Å²) in [5, 5.41) is 10.8. The van der Waals surface area contributed by atoms with Gasteiger partial charge in [0.05, 0.1) is 30.6 Å². The van der Waals surface area contributed by atoms with Gasteiger partial charge in [0.15, 0.2) is 0 Å². The Balaban J connectivity index is 1.63. The van der Waals surface area contributed by atoms with Crippen molar-refractivity contribution in [1.29, 1.82) is 0 Å². The number of amides is 3. The summed E-state index contributed by atoms with van der Waals surface area (Å²) in [6.07, 6.45) is 3.46. The number of halogens is 1. The van der Waals surface area contributed by atoms with Crippen molar-refractivity contribution in [1.82, 2.24) is 9.80 Å². The van der Waals surface area contributed by atoms with E-state index in [-0.39, 0.29) is 42.2 Å². The third-order valence-corrected chi connectivity index (χ3v) is 10.0. The second kappa shape index (κ2) is 12.6. The van der Waals surface area contributed by atoms with E-state index in [4.69, 9.17) is 4.74 Å². The maximum absolute atomic E-state index is 14.8. The standard InChI is InChI=1S/C35H42BrN3O5/c1-6-18-37(24-16-12-9-13-17-24)31(41)27-28-32(42)39(25(22-40)20-23-14-10-8-11-15-23)30(35(28)21-26(36)29(27)44-35)33(43)38(19-7-2)34(3,4)5/h6-17,25-30,40H,1-2,18-22H2,3-5H3/t25-,26?,27-,28+,29-,30?,35?/m1/s1. The van der Waals surface area contributed by atoms with Gasteiger partial charge in [0.2, 0.25) is 17.7 Å². The Morgan fingerprint density at radius 1 is 1.07 bits per heavy atom. The molecule has 2 aromatic rings. The van der Waals surface area contributed by atoms with E-state index in [1.54, 1.807) is 26.9 Å². The monoisotopic (exact) mass is 663 g/mol. The second-order valence-corrected chi connectivity index (χ2v) is 14.1. The summed E-state index contributed by atoms with van der Waals surface area (Å²) in [6, 6.07) is 17.2. The SMILES string of the molecule is C=CCN(C(=O)[C@H]1[C@@H]2OC3(CC2Br)C(C(=O)N(CC=C)C(C)(C)C)N([C@@H](CO)Cc2ccccc2)C(=O)[C@H]13)c1ccccc1. The number of carbonyl (C=O) groups excluding carboxylic acids is 3. The van der Waals surface area contributed by atoms with Crippen LogP contribution in [0.2, 0.25) is 0 Å². The zero-order chi connectivity index (χ0) is 31.8. The molecule has 7 atom stereocenters. The van der Waals surface area contributed by atoms with Crippen LogP contribution in [0.5, 0.6) is 0 Å². The summed E-state index contributed by atoms with van der Waals surface area (Å²) in [4.78, 5) is 48.7. The van der Waals surface area contributed by atoms with Crippen molar-refractivity contribution in [2.45, 2.75) is 67.8 Å². The van der Waals surface area contributed by atoms with Crippen molar-refractivity contribution >= 4 is 39.3 Å². The van der Waals surface area contributed by atoms with Gasteiger partial charge < -0.3 is 24.5 Å². The van der Waals surface area contributed by atoms with Crippen molar-refractivity contribution in [3.8, 4) is 0 Å². The van der Waals surface area contributed by atoms with Gasteiger partial charge in [-0.3, -0.25) is 14.4 Å². The van der Waals surface area contributed by atoms with Crippen LogP contribution in [0.25, 0.3) is 0 Å². The number of carbonyl (C=O) groups is 3. The quantitative estimate of drug-likeness (QED) is 0.285. The molecular weight excluding hydrogens is 622 g/mol. The Kier molecular flexibility index (Phi) is 9.21. The number of benzene rings is 2. The number of likely N-dealkylation sites (tertiary alicyclic amines) is 1. The molecule has 0 radical (unpaired) electrons. The van der Waals surface area contributed by atoms with Crippen LogP contribution in [0, 0.1) is 11.8 Å². The minimum Gasteiger partial charge on any atom is -0.394 e. The first-order valence-electron chi connectivity index (χ1n) is 15.2. The summed E-state index contributed by atoms with van der Waals surface area (Å²) in [6.45, 7) is 13.7. The second-order valence-electron chi connectivity index (χ2n) is 12.9. The van der Waals surface area contributed by atoms with Gasteiger partial charge in [-0.15, -0.1) is 13.2 Å². The van der Waals surface area contributed by atoms with Gasteiger partial charge in [0.25, 0.3) is 0 Å². The topological polar surface area (TPSA) is 90.4 Å². The molecular formula is C35H42BrN3O5. The number of rotatable bonds is 11. The molecule has 3 saturated heterocycles. The lowest BCUT2D eigenvalue weighted by atomic mass is 9.70. The highest BCUT2D eigenvalue weighted by molar-refractivity contribution is 9.09. The van der Waals surface area contributed by atoms with Crippen molar-refractivity contribution in [2.24, 2.45) is 11.8 Å². The van der Waals surface area contributed by atoms with Gasteiger partial charge >= 0.3 is 0 Å². The third-order valence-electron chi connectivity index (χ3n) is 9.20. The lowest BCUT2D eigenvalue weighted by Crippen LogP contribution is -2.62. The number of aliphatic hydroxyl groups excluding tert-OH is 1. The molecule has 2 bridgehead atoms. The number of alkyl halides is 1. The van der Waals surface area contributed by atoms with Crippen LogP contribution in [0.15, 0.2) is 86.0 Å². The first kappa shape index (κ1) is 32.1. The van der Waals surface area contributed by atoms with E-state index >= 15 is 0 Å². The number of aliphatic hydroxyl groups is 1. The minimum absolute atomic E-state index is 0.249. The largest absolute Gasteiger partial charge is 0.394 e. The predicted octanol–water partition coefficient (Wildman–Crippen LogP) is 4.37. The average Bonchev–Trinajstić information content (AvgIpc) is 3.60. The van der Waals surface area contributed by atoms with Gasteiger partial charge in [-0.2, -0.15) is 0 Å². The van der Waals surface area contributed by atoms with Crippen LogP contribution in [0.3, 0.4) is 0 Å². The molecule has 0 aliphatic carbocycles. The zero-order valence-corrected chi connectivity index (χ0v) is 27.2. The van der Waals surface area contributed by atoms with Gasteiger partial charge in [0, 0.05) is 29.1 Å². The molecule has 3 fully saturated rings. The molecule has 0 saturated carbocycles. The number of para-hydroxylation sites is 1. The van der Waals surface area contributed by atoms with Crippen LogP contribution < -0.4 is 4.90 Å². The Morgan fingerprint density at radius 2 is 1.68 bits per heavy atom. The van der Waals surface area contributed by atoms with E-state index < -0.39 is 41.2 Å².